The van der Waals surface area contributed by atoms with E-state index in [2.05, 4.69) is 130 Å². The minimum absolute atomic E-state index is 0.449. The predicted molar refractivity (Wildman–Crippen MR) is 225 cm³/mol. The third-order valence-corrected chi connectivity index (χ3v) is 11.4. The van der Waals surface area contributed by atoms with Crippen LogP contribution in [-0.2, 0) is 49.0 Å². The van der Waals surface area contributed by atoms with Gasteiger partial charge in [-0.2, -0.15) is 0 Å². The van der Waals surface area contributed by atoms with E-state index in [1.807, 2.05) is 21.8 Å². The zero-order valence-electron chi connectivity index (χ0n) is 31.5. The number of ether oxygens (including phenoxy) is 2. The molecule has 0 unspecified atom stereocenters. The Morgan fingerprint density at radius 2 is 0.750 bits per heavy atom. The first-order chi connectivity index (χ1) is 27.7. The summed E-state index contributed by atoms with van der Waals surface area (Å²) >= 11 is 0. The molecule has 0 saturated heterocycles. The molecule has 10 rings (SSSR count). The molecule has 0 N–H and O–H groups in total. The van der Waals surface area contributed by atoms with Crippen molar-refractivity contribution in [3.63, 3.8) is 0 Å². The molecule has 0 aliphatic rings. The summed E-state index contributed by atoms with van der Waals surface area (Å²) in [7, 11) is 0. The van der Waals surface area contributed by atoms with Gasteiger partial charge in [0.15, 0.2) is 0 Å². The predicted octanol–water partition coefficient (Wildman–Crippen LogP) is 11.1. The molecule has 0 saturated carbocycles. The molecule has 278 valence electrons. The number of aromatic nitrogens is 6. The molecule has 8 heteroatoms. The standard InChI is InChI=1S/C48H44N6O2/c1(3-5-25-53-27-41(49-51-53)31-55-29-39-19-17-37-15-13-33-9-7-11-35-21-23-43(39)47(37)45(33)35)2-4-6-26-54-28-42(50-52-54)32-56-30-40-20-18-38-16-14-34-10-8-12-36-22-24-44(40)48(38)46(34)36/h7-24,27-28H,1-6,25-26,29-32H2. The first-order valence-corrected chi connectivity index (χ1v) is 20.0. The highest BCUT2D eigenvalue weighted by atomic mass is 16.5. The maximum atomic E-state index is 6.15. The molecule has 2 aromatic heterocycles. The van der Waals surface area contributed by atoms with Gasteiger partial charge in [-0.15, -0.1) is 10.2 Å². The van der Waals surface area contributed by atoms with E-state index >= 15 is 0 Å². The van der Waals surface area contributed by atoms with Gasteiger partial charge in [0, 0.05) is 13.1 Å². The Hall–Kier alpha value is -5.96. The maximum Gasteiger partial charge on any atom is 0.108 e. The lowest BCUT2D eigenvalue weighted by molar-refractivity contribution is 0.105. The number of rotatable bonds is 17. The monoisotopic (exact) mass is 736 g/mol. The van der Waals surface area contributed by atoms with E-state index in [4.69, 9.17) is 9.47 Å². The van der Waals surface area contributed by atoms with Crippen molar-refractivity contribution in [3.8, 4) is 0 Å². The van der Waals surface area contributed by atoms with Gasteiger partial charge < -0.3 is 9.47 Å². The van der Waals surface area contributed by atoms with Gasteiger partial charge in [-0.25, -0.2) is 0 Å². The van der Waals surface area contributed by atoms with Crippen molar-refractivity contribution in [1.29, 1.82) is 0 Å². The van der Waals surface area contributed by atoms with Crippen molar-refractivity contribution >= 4 is 64.6 Å². The molecule has 0 amide bonds. The van der Waals surface area contributed by atoms with Gasteiger partial charge in [0.1, 0.15) is 11.4 Å². The van der Waals surface area contributed by atoms with Crippen LogP contribution in [0, 0.1) is 0 Å². The van der Waals surface area contributed by atoms with Crippen LogP contribution in [0.25, 0.3) is 64.6 Å². The molecule has 2 heterocycles. The molecule has 0 atom stereocenters. The van der Waals surface area contributed by atoms with E-state index < -0.39 is 0 Å². The molecule has 8 nitrogen and oxygen atoms in total. The van der Waals surface area contributed by atoms with Crippen LogP contribution in [-0.4, -0.2) is 30.0 Å². The molecule has 0 spiro atoms. The Morgan fingerprint density at radius 1 is 0.375 bits per heavy atom. The number of hydrogen-bond donors (Lipinski definition) is 0. The molecule has 56 heavy (non-hydrogen) atoms. The summed E-state index contributed by atoms with van der Waals surface area (Å²) in [6.45, 7) is 3.73. The summed E-state index contributed by atoms with van der Waals surface area (Å²) < 4.78 is 16.2. The second-order valence-electron chi connectivity index (χ2n) is 15.2. The number of nitrogens with zero attached hydrogens (tertiary/aromatic N) is 6. The van der Waals surface area contributed by atoms with Gasteiger partial charge >= 0.3 is 0 Å². The van der Waals surface area contributed by atoms with Crippen molar-refractivity contribution < 1.29 is 9.47 Å². The van der Waals surface area contributed by atoms with Gasteiger partial charge in [-0.1, -0.05) is 145 Å². The SMILES string of the molecule is c1cc2ccc3ccc(COCc4cn(CCCCCCCCn5cc(COCc6ccc7ccc8cccc9ccc6c7c89)nn5)nn4)c4ccc(c1)c2c34. The van der Waals surface area contributed by atoms with Crippen molar-refractivity contribution in [2.24, 2.45) is 0 Å². The van der Waals surface area contributed by atoms with Crippen molar-refractivity contribution in [3.05, 3.63) is 144 Å². The summed E-state index contributed by atoms with van der Waals surface area (Å²) in [6.07, 6.45) is 11.0. The highest BCUT2D eigenvalue weighted by molar-refractivity contribution is 6.24. The Labute approximate surface area is 325 Å². The van der Waals surface area contributed by atoms with Crippen LogP contribution in [0.2, 0.25) is 0 Å². The van der Waals surface area contributed by atoms with E-state index in [1.165, 1.54) is 101 Å². The maximum absolute atomic E-state index is 6.15. The second-order valence-corrected chi connectivity index (χ2v) is 15.2. The van der Waals surface area contributed by atoms with Gasteiger partial charge in [0.05, 0.1) is 38.8 Å². The first kappa shape index (κ1) is 34.5. The lowest BCUT2D eigenvalue weighted by atomic mass is 9.92. The fraction of sp³-hybridized carbons (Fsp3) is 0.250. The highest BCUT2D eigenvalue weighted by Gasteiger charge is 2.13. The van der Waals surface area contributed by atoms with E-state index in [9.17, 15) is 0 Å². The molecule has 0 radical (unpaired) electrons. The average Bonchev–Trinajstić information content (AvgIpc) is 3.90. The molecule has 8 aromatic carbocycles. The number of aryl methyl sites for hydroxylation is 2. The molecule has 0 bridgehead atoms. The van der Waals surface area contributed by atoms with Gasteiger partial charge in [0.25, 0.3) is 0 Å². The number of benzene rings is 8. The van der Waals surface area contributed by atoms with Gasteiger partial charge in [-0.3, -0.25) is 9.36 Å². The molecular weight excluding hydrogens is 693 g/mol. The molecule has 0 aliphatic heterocycles. The smallest absolute Gasteiger partial charge is 0.108 e. The summed E-state index contributed by atoms with van der Waals surface area (Å²) in [5.41, 5.74) is 4.14. The summed E-state index contributed by atoms with van der Waals surface area (Å²) in [4.78, 5) is 0. The Bertz CT molecular complexity index is 2680. The summed E-state index contributed by atoms with van der Waals surface area (Å²) in [5, 5.41) is 32.9. The fourth-order valence-electron chi connectivity index (χ4n) is 8.66. The normalized spacial score (nSPS) is 12.2. The Morgan fingerprint density at radius 3 is 1.20 bits per heavy atom. The fourth-order valence-corrected chi connectivity index (χ4v) is 8.66. The van der Waals surface area contributed by atoms with Crippen LogP contribution in [0.4, 0.5) is 0 Å². The molecular formula is C48H44N6O2. The third-order valence-electron chi connectivity index (χ3n) is 11.4. The van der Waals surface area contributed by atoms with Crippen molar-refractivity contribution in [2.45, 2.75) is 78.0 Å². The lowest BCUT2D eigenvalue weighted by Gasteiger charge is -2.13. The van der Waals surface area contributed by atoms with Crippen LogP contribution in [0.1, 0.15) is 61.0 Å². The van der Waals surface area contributed by atoms with E-state index in [0.717, 1.165) is 37.3 Å². The van der Waals surface area contributed by atoms with Crippen LogP contribution in [0.5, 0.6) is 0 Å². The van der Waals surface area contributed by atoms with Crippen molar-refractivity contribution in [2.75, 3.05) is 0 Å². The Kier molecular flexibility index (Phi) is 9.43. The van der Waals surface area contributed by atoms with E-state index in [-0.39, 0.29) is 0 Å². The van der Waals surface area contributed by atoms with Crippen LogP contribution < -0.4 is 0 Å². The van der Waals surface area contributed by atoms with Crippen LogP contribution in [0.3, 0.4) is 0 Å². The first-order valence-electron chi connectivity index (χ1n) is 20.0. The minimum atomic E-state index is 0.449. The topological polar surface area (TPSA) is 79.9 Å². The largest absolute Gasteiger partial charge is 0.370 e. The highest BCUT2D eigenvalue weighted by Crippen LogP contribution is 2.37. The zero-order valence-corrected chi connectivity index (χ0v) is 31.5. The minimum Gasteiger partial charge on any atom is -0.370 e. The van der Waals surface area contributed by atoms with Crippen LogP contribution >= 0.6 is 0 Å². The summed E-state index contributed by atoms with van der Waals surface area (Å²) in [5.74, 6) is 0. The van der Waals surface area contributed by atoms with E-state index in [1.54, 1.807) is 0 Å². The zero-order chi connectivity index (χ0) is 37.3. The quantitative estimate of drug-likeness (QED) is 0.0684. The molecule has 10 aromatic rings. The van der Waals surface area contributed by atoms with E-state index in [0.29, 0.717) is 26.4 Å². The number of unbranched alkanes of at least 4 members (excludes halogenated alkanes) is 5. The Balaban J connectivity index is 0.622. The molecule has 0 aliphatic carbocycles. The van der Waals surface area contributed by atoms with Crippen molar-refractivity contribution in [1.82, 2.24) is 30.0 Å². The number of hydrogen-bond acceptors (Lipinski definition) is 6. The summed E-state index contributed by atoms with van der Waals surface area (Å²) in [6, 6.07) is 39.6. The van der Waals surface area contributed by atoms with Crippen LogP contribution in [0.15, 0.2) is 122 Å². The van der Waals surface area contributed by atoms with Gasteiger partial charge in [-0.05, 0) is 88.6 Å². The molecule has 0 fully saturated rings. The average molecular weight is 737 g/mol. The van der Waals surface area contributed by atoms with Gasteiger partial charge in [0.2, 0.25) is 0 Å². The second kappa shape index (κ2) is 15.3. The third kappa shape index (κ3) is 6.80. The lowest BCUT2D eigenvalue weighted by Crippen LogP contribution is -2.00.